The Balaban J connectivity index is 1.57. The first kappa shape index (κ1) is 19.4. The molecule has 0 atom stereocenters. The summed E-state index contributed by atoms with van der Waals surface area (Å²) in [5, 5.41) is 4.23. The minimum Gasteiger partial charge on any atom is -0.437 e. The highest BCUT2D eigenvalue weighted by molar-refractivity contribution is 6.11. The number of rotatable bonds is 3. The Kier molecular flexibility index (Phi) is 4.49. The Labute approximate surface area is 186 Å². The van der Waals surface area contributed by atoms with Gasteiger partial charge in [0, 0.05) is 16.8 Å². The lowest BCUT2D eigenvalue weighted by atomic mass is 9.93. The van der Waals surface area contributed by atoms with E-state index in [1.165, 1.54) is 54.5 Å². The fourth-order valence-corrected chi connectivity index (χ4v) is 5.50. The minimum atomic E-state index is -0.527. The molecule has 0 bridgehead atoms. The third-order valence-corrected chi connectivity index (χ3v) is 7.12. The maximum absolute atomic E-state index is 13.7. The van der Waals surface area contributed by atoms with E-state index in [1.54, 1.807) is 6.07 Å². The van der Waals surface area contributed by atoms with E-state index in [4.69, 9.17) is 4.42 Å². The second kappa shape index (κ2) is 7.40. The number of fused-ring (bicyclic) bond motifs is 4. The highest BCUT2D eigenvalue weighted by Gasteiger charge is 2.24. The maximum atomic E-state index is 13.7. The monoisotopic (exact) mass is 425 g/mol. The first-order chi connectivity index (χ1) is 15.6. The predicted octanol–water partition coefficient (Wildman–Crippen LogP) is 6.81. The number of halogens is 1. The van der Waals surface area contributed by atoms with E-state index in [2.05, 4.69) is 60.1 Å². The van der Waals surface area contributed by atoms with Crippen LogP contribution in [0.1, 0.15) is 36.8 Å². The predicted molar refractivity (Wildman–Crippen MR) is 126 cm³/mol. The zero-order valence-corrected chi connectivity index (χ0v) is 18.5. The molecule has 32 heavy (non-hydrogen) atoms. The second-order valence-corrected chi connectivity index (χ2v) is 9.27. The average Bonchev–Trinajstić information content (AvgIpc) is 3.41. The molecule has 4 heteroatoms. The molecule has 0 spiro atoms. The summed E-state index contributed by atoms with van der Waals surface area (Å²) in [6, 6.07) is 16.4. The number of hydrogen-bond donors (Lipinski definition) is 0. The molecule has 3 nitrogen and oxygen atoms in total. The van der Waals surface area contributed by atoms with E-state index in [1.807, 2.05) is 6.07 Å². The van der Waals surface area contributed by atoms with E-state index >= 15 is 0 Å². The summed E-state index contributed by atoms with van der Waals surface area (Å²) >= 11 is 0. The Morgan fingerprint density at radius 1 is 1.00 bits per heavy atom. The average molecular weight is 426 g/mol. The summed E-state index contributed by atoms with van der Waals surface area (Å²) in [5.41, 5.74) is 5.79. The van der Waals surface area contributed by atoms with Crippen molar-refractivity contribution in [3.8, 4) is 11.3 Å². The van der Waals surface area contributed by atoms with Gasteiger partial charge in [-0.3, -0.25) is 0 Å². The van der Waals surface area contributed by atoms with Gasteiger partial charge in [-0.2, -0.15) is 9.37 Å². The van der Waals surface area contributed by atoms with Gasteiger partial charge in [0.25, 0.3) is 0 Å². The summed E-state index contributed by atoms with van der Waals surface area (Å²) in [7, 11) is 2.07. The summed E-state index contributed by atoms with van der Waals surface area (Å²) in [6.07, 6.45) is 8.75. The molecule has 6 rings (SSSR count). The smallest absolute Gasteiger partial charge is 0.229 e. The van der Waals surface area contributed by atoms with Crippen LogP contribution in [0, 0.1) is 18.8 Å². The summed E-state index contributed by atoms with van der Waals surface area (Å²) in [5.74, 6) is 0.298. The van der Waals surface area contributed by atoms with E-state index in [0.29, 0.717) is 5.71 Å². The van der Waals surface area contributed by atoms with Crippen LogP contribution in [0.4, 0.5) is 4.39 Å². The first-order valence-electron chi connectivity index (χ1n) is 11.5. The van der Waals surface area contributed by atoms with E-state index < -0.39 is 5.95 Å². The summed E-state index contributed by atoms with van der Waals surface area (Å²) in [4.78, 5) is 3.98. The molecule has 0 radical (unpaired) electrons. The van der Waals surface area contributed by atoms with Crippen molar-refractivity contribution in [2.24, 2.45) is 13.0 Å². The quantitative estimate of drug-likeness (QED) is 0.235. The third-order valence-electron chi connectivity index (χ3n) is 7.12. The molecule has 0 unspecified atom stereocenters. The van der Waals surface area contributed by atoms with Crippen LogP contribution in [0.5, 0.6) is 0 Å². The zero-order chi connectivity index (χ0) is 21.8. The third kappa shape index (κ3) is 3.09. The Hall–Kier alpha value is -3.27. The number of hydrogen-bond acceptors (Lipinski definition) is 2. The lowest BCUT2D eigenvalue weighted by Crippen LogP contribution is -2.30. The van der Waals surface area contributed by atoms with Crippen molar-refractivity contribution in [2.75, 3.05) is 0 Å². The number of pyridine rings is 2. The molecule has 160 valence electrons. The highest BCUT2D eigenvalue weighted by atomic mass is 19.1. The normalized spacial score (nSPS) is 14.8. The molecule has 0 aliphatic heterocycles. The molecule has 1 fully saturated rings. The van der Waals surface area contributed by atoms with Crippen LogP contribution in [-0.4, -0.2) is 4.98 Å². The Morgan fingerprint density at radius 2 is 1.78 bits per heavy atom. The van der Waals surface area contributed by atoms with Crippen LogP contribution in [0.2, 0.25) is 0 Å². The number of nitrogens with zero attached hydrogens (tertiary/aromatic N) is 2. The van der Waals surface area contributed by atoms with Crippen molar-refractivity contribution in [2.45, 2.75) is 39.0 Å². The SMILES string of the molecule is Cc1ccc2c(oc3nc(F)ccc32)c1-c1c2ccc(CC3CCCC3)cc2cc[n+]1C. The Bertz CT molecular complexity index is 1490. The number of aromatic nitrogens is 2. The van der Waals surface area contributed by atoms with Gasteiger partial charge in [0.2, 0.25) is 17.4 Å². The van der Waals surface area contributed by atoms with Gasteiger partial charge in [0.05, 0.1) is 10.9 Å². The van der Waals surface area contributed by atoms with Gasteiger partial charge in [-0.25, -0.2) is 4.57 Å². The van der Waals surface area contributed by atoms with Gasteiger partial charge >= 0.3 is 0 Å². The van der Waals surface area contributed by atoms with Gasteiger partial charge in [-0.05, 0) is 54.0 Å². The molecule has 2 aromatic carbocycles. The summed E-state index contributed by atoms with van der Waals surface area (Å²) < 4.78 is 22.1. The minimum absolute atomic E-state index is 0.341. The van der Waals surface area contributed by atoms with Crippen LogP contribution in [0.25, 0.3) is 44.1 Å². The van der Waals surface area contributed by atoms with Gasteiger partial charge in [0.1, 0.15) is 7.05 Å². The van der Waals surface area contributed by atoms with Gasteiger partial charge in [-0.1, -0.05) is 49.9 Å². The molecule has 1 aliphatic rings. The van der Waals surface area contributed by atoms with Gasteiger partial charge in [0.15, 0.2) is 11.8 Å². The molecule has 0 amide bonds. The molecule has 1 saturated carbocycles. The first-order valence-corrected chi connectivity index (χ1v) is 11.5. The molecular formula is C28H26FN2O+. The molecule has 0 N–H and O–H groups in total. The number of benzene rings is 2. The summed E-state index contributed by atoms with van der Waals surface area (Å²) in [6.45, 7) is 2.10. The van der Waals surface area contributed by atoms with Crippen molar-refractivity contribution >= 4 is 32.8 Å². The molecule has 3 heterocycles. The zero-order valence-electron chi connectivity index (χ0n) is 18.5. The van der Waals surface area contributed by atoms with Crippen LogP contribution < -0.4 is 4.57 Å². The van der Waals surface area contributed by atoms with Crippen molar-refractivity contribution in [3.63, 3.8) is 0 Å². The maximum Gasteiger partial charge on any atom is 0.229 e. The largest absolute Gasteiger partial charge is 0.437 e. The molecule has 1 aliphatic carbocycles. The van der Waals surface area contributed by atoms with Crippen molar-refractivity contribution < 1.29 is 13.4 Å². The van der Waals surface area contributed by atoms with Crippen molar-refractivity contribution in [1.82, 2.24) is 4.98 Å². The standard InChI is InChI=1S/C28H26FN2O/c1-17-7-9-22-23-11-12-24(29)30-28(23)32-27(22)25(17)26-21-10-8-19(15-18-5-3-4-6-18)16-20(21)13-14-31(26)2/h7-14,16,18H,3-6,15H2,1-2H3/q+1. The lowest BCUT2D eigenvalue weighted by molar-refractivity contribution is -0.659. The van der Waals surface area contributed by atoms with Crippen LogP contribution in [0.15, 0.2) is 59.1 Å². The number of aryl methyl sites for hydroxylation is 2. The molecule has 5 aromatic rings. The van der Waals surface area contributed by atoms with Crippen molar-refractivity contribution in [1.29, 1.82) is 0 Å². The molecule has 0 saturated heterocycles. The van der Waals surface area contributed by atoms with Gasteiger partial charge in [-0.15, -0.1) is 0 Å². The molecule has 3 aromatic heterocycles. The second-order valence-electron chi connectivity index (χ2n) is 9.27. The van der Waals surface area contributed by atoms with Crippen LogP contribution >= 0.6 is 0 Å². The van der Waals surface area contributed by atoms with Crippen LogP contribution in [-0.2, 0) is 13.5 Å². The molecular weight excluding hydrogens is 399 g/mol. The highest BCUT2D eigenvalue weighted by Crippen LogP contribution is 2.39. The van der Waals surface area contributed by atoms with Crippen LogP contribution in [0.3, 0.4) is 0 Å². The van der Waals surface area contributed by atoms with Gasteiger partial charge < -0.3 is 4.42 Å². The van der Waals surface area contributed by atoms with E-state index in [-0.39, 0.29) is 0 Å². The van der Waals surface area contributed by atoms with Crippen molar-refractivity contribution in [3.05, 3.63) is 71.8 Å². The van der Waals surface area contributed by atoms with E-state index in [9.17, 15) is 4.39 Å². The Morgan fingerprint density at radius 3 is 2.62 bits per heavy atom. The topological polar surface area (TPSA) is 29.9 Å². The van der Waals surface area contributed by atoms with E-state index in [0.717, 1.165) is 39.1 Å². The fraction of sp³-hybridized carbons (Fsp3) is 0.286. The fourth-order valence-electron chi connectivity index (χ4n) is 5.50. The lowest BCUT2D eigenvalue weighted by Gasteiger charge is -2.12. The number of furan rings is 1.